The van der Waals surface area contributed by atoms with Crippen LogP contribution in [0.3, 0.4) is 0 Å². The topological polar surface area (TPSA) is 29.3 Å². The van der Waals surface area contributed by atoms with Crippen LogP contribution >= 0.6 is 12.4 Å². The number of fused-ring (bicyclic) bond motifs is 1. The number of para-hydroxylation sites is 1. The summed E-state index contributed by atoms with van der Waals surface area (Å²) in [5, 5.41) is 4.57. The number of rotatable bonds is 0. The number of hydrogen-bond donors (Lipinski definition) is 1. The Bertz CT molecular complexity index is 542. The minimum Gasteiger partial charge on any atom is -0.354 e. The lowest BCUT2D eigenvalue weighted by atomic mass is 10.2. The van der Waals surface area contributed by atoms with Crippen molar-refractivity contribution in [3.63, 3.8) is 0 Å². The summed E-state index contributed by atoms with van der Waals surface area (Å²) in [7, 11) is 0. The molecular weight excluding hydrogens is 222 g/mol. The van der Waals surface area contributed by atoms with Crippen molar-refractivity contribution < 1.29 is 0 Å². The average molecular weight is 236 g/mol. The zero-order valence-electron chi connectivity index (χ0n) is 9.10. The molecule has 0 amide bonds. The molecule has 0 saturated heterocycles. The molecular formula is C12H14ClN3. The van der Waals surface area contributed by atoms with Crippen LogP contribution in [-0.4, -0.2) is 23.6 Å². The van der Waals surface area contributed by atoms with Crippen molar-refractivity contribution >= 4 is 29.3 Å². The Hall–Kier alpha value is -1.48. The van der Waals surface area contributed by atoms with Crippen molar-refractivity contribution in [2.45, 2.75) is 6.92 Å². The highest BCUT2D eigenvalue weighted by molar-refractivity contribution is 5.95. The highest BCUT2D eigenvalue weighted by Gasteiger charge is 2.12. The van der Waals surface area contributed by atoms with Crippen LogP contribution in [0.4, 0.5) is 0 Å². The molecule has 2 heterocycles. The van der Waals surface area contributed by atoms with E-state index < -0.39 is 0 Å². The van der Waals surface area contributed by atoms with Gasteiger partial charge in [0.25, 0.3) is 0 Å². The lowest BCUT2D eigenvalue weighted by Gasteiger charge is -2.07. The highest BCUT2D eigenvalue weighted by Crippen LogP contribution is 2.19. The van der Waals surface area contributed by atoms with Crippen LogP contribution < -0.4 is 5.32 Å². The van der Waals surface area contributed by atoms with Gasteiger partial charge in [0.2, 0.25) is 5.96 Å². The molecule has 4 heteroatoms. The molecule has 0 radical (unpaired) electrons. The highest BCUT2D eigenvalue weighted by atomic mass is 35.5. The van der Waals surface area contributed by atoms with Gasteiger partial charge in [-0.2, -0.15) is 0 Å². The fourth-order valence-corrected chi connectivity index (χ4v) is 2.11. The van der Waals surface area contributed by atoms with Gasteiger partial charge >= 0.3 is 0 Å². The van der Waals surface area contributed by atoms with Crippen molar-refractivity contribution in [3.8, 4) is 0 Å². The summed E-state index contributed by atoms with van der Waals surface area (Å²) in [6.07, 6.45) is 0. The molecule has 0 unspecified atom stereocenters. The van der Waals surface area contributed by atoms with Gasteiger partial charge in [-0.3, -0.25) is 9.56 Å². The zero-order chi connectivity index (χ0) is 10.3. The third kappa shape index (κ3) is 1.57. The molecule has 0 fully saturated rings. The predicted molar refractivity (Wildman–Crippen MR) is 69.6 cm³/mol. The molecule has 1 aromatic carbocycles. The molecule has 0 spiro atoms. The van der Waals surface area contributed by atoms with Crippen LogP contribution in [-0.2, 0) is 0 Å². The molecule has 0 saturated carbocycles. The summed E-state index contributed by atoms with van der Waals surface area (Å²) in [5.41, 5.74) is 2.45. The van der Waals surface area contributed by atoms with Gasteiger partial charge in [0.15, 0.2) is 0 Å². The maximum absolute atomic E-state index is 4.46. The van der Waals surface area contributed by atoms with Crippen molar-refractivity contribution in [1.29, 1.82) is 0 Å². The molecule has 0 bridgehead atoms. The van der Waals surface area contributed by atoms with Crippen LogP contribution in [0, 0.1) is 6.92 Å². The second kappa shape index (κ2) is 4.18. The third-order valence-corrected chi connectivity index (χ3v) is 2.76. The van der Waals surface area contributed by atoms with Gasteiger partial charge < -0.3 is 5.32 Å². The van der Waals surface area contributed by atoms with Crippen LogP contribution in [0.5, 0.6) is 0 Å². The van der Waals surface area contributed by atoms with Gasteiger partial charge in [-0.1, -0.05) is 18.2 Å². The summed E-state index contributed by atoms with van der Waals surface area (Å²) in [5.74, 6) is 0.980. The number of nitrogens with zero attached hydrogens (tertiary/aromatic N) is 2. The van der Waals surface area contributed by atoms with Gasteiger partial charge in [-0.15, -0.1) is 12.4 Å². The van der Waals surface area contributed by atoms with Crippen molar-refractivity contribution in [3.05, 3.63) is 36.0 Å². The Morgan fingerprint density at radius 1 is 1.31 bits per heavy atom. The fraction of sp³-hybridized carbons (Fsp3) is 0.250. The lowest BCUT2D eigenvalue weighted by Crippen LogP contribution is -2.26. The standard InChI is InChI=1S/C12H13N3.ClH/c1-9-8-10-4-2-3-5-11(10)15(9)12-13-6-7-14-12;/h2-5,8H,6-7H2,1H3,(H,13,14);1H. The normalized spacial score (nSPS) is 14.4. The van der Waals surface area contributed by atoms with E-state index in [0.29, 0.717) is 0 Å². The summed E-state index contributed by atoms with van der Waals surface area (Å²) >= 11 is 0. The smallest absolute Gasteiger partial charge is 0.203 e. The Morgan fingerprint density at radius 2 is 2.12 bits per heavy atom. The first-order valence-electron chi connectivity index (χ1n) is 5.22. The quantitative estimate of drug-likeness (QED) is 0.745. The second-order valence-corrected chi connectivity index (χ2v) is 3.81. The van der Waals surface area contributed by atoms with E-state index in [1.165, 1.54) is 16.6 Å². The van der Waals surface area contributed by atoms with E-state index in [1.54, 1.807) is 0 Å². The molecule has 0 aliphatic carbocycles. The summed E-state index contributed by atoms with van der Waals surface area (Å²) in [6.45, 7) is 3.94. The van der Waals surface area contributed by atoms with Crippen molar-refractivity contribution in [2.75, 3.05) is 13.1 Å². The molecule has 16 heavy (non-hydrogen) atoms. The second-order valence-electron chi connectivity index (χ2n) is 3.81. The van der Waals surface area contributed by atoms with Gasteiger partial charge in [0, 0.05) is 17.6 Å². The predicted octanol–water partition coefficient (Wildman–Crippen LogP) is 2.18. The number of nitrogens with one attached hydrogen (secondary N) is 1. The van der Waals surface area contributed by atoms with E-state index in [1.807, 2.05) is 0 Å². The Kier molecular flexibility index (Phi) is 2.88. The summed E-state index contributed by atoms with van der Waals surface area (Å²) < 4.78 is 2.18. The summed E-state index contributed by atoms with van der Waals surface area (Å²) in [6, 6.07) is 10.6. The Balaban J connectivity index is 0.000000963. The van der Waals surface area contributed by atoms with Crippen LogP contribution in [0.1, 0.15) is 5.69 Å². The SMILES string of the molecule is Cc1cc2ccccc2n1C1=NCCN1.Cl. The first-order valence-corrected chi connectivity index (χ1v) is 5.22. The number of aryl methyl sites for hydroxylation is 1. The van der Waals surface area contributed by atoms with E-state index in [4.69, 9.17) is 0 Å². The van der Waals surface area contributed by atoms with E-state index in [9.17, 15) is 0 Å². The number of hydrogen-bond acceptors (Lipinski definition) is 2. The molecule has 1 aliphatic rings. The van der Waals surface area contributed by atoms with Crippen LogP contribution in [0.25, 0.3) is 10.9 Å². The third-order valence-electron chi connectivity index (χ3n) is 2.76. The number of aromatic nitrogens is 1. The summed E-state index contributed by atoms with van der Waals surface area (Å²) in [4.78, 5) is 4.46. The van der Waals surface area contributed by atoms with Crippen LogP contribution in [0.2, 0.25) is 0 Å². The number of aliphatic imine (C=N–C) groups is 1. The molecule has 1 N–H and O–H groups in total. The Morgan fingerprint density at radius 3 is 2.88 bits per heavy atom. The molecule has 1 aromatic heterocycles. The monoisotopic (exact) mass is 235 g/mol. The molecule has 84 valence electrons. The maximum atomic E-state index is 4.46. The van der Waals surface area contributed by atoms with Gasteiger partial charge in [-0.25, -0.2) is 0 Å². The first-order chi connectivity index (χ1) is 7.36. The zero-order valence-corrected chi connectivity index (χ0v) is 9.92. The minimum absolute atomic E-state index is 0. The van der Waals surface area contributed by atoms with E-state index in [0.717, 1.165) is 19.0 Å². The molecule has 1 aliphatic heterocycles. The Labute approximate surface area is 101 Å². The minimum atomic E-state index is 0. The lowest BCUT2D eigenvalue weighted by molar-refractivity contribution is 0.938. The number of benzene rings is 1. The van der Waals surface area contributed by atoms with Gasteiger partial charge in [0.05, 0.1) is 12.1 Å². The van der Waals surface area contributed by atoms with E-state index in [2.05, 4.69) is 52.1 Å². The first kappa shape index (κ1) is 11.0. The molecule has 2 aromatic rings. The van der Waals surface area contributed by atoms with Crippen molar-refractivity contribution in [2.24, 2.45) is 4.99 Å². The number of halogens is 1. The fourth-order valence-electron chi connectivity index (χ4n) is 2.11. The molecule has 0 atom stereocenters. The van der Waals surface area contributed by atoms with Crippen LogP contribution in [0.15, 0.2) is 35.3 Å². The molecule has 3 nitrogen and oxygen atoms in total. The maximum Gasteiger partial charge on any atom is 0.203 e. The molecule has 3 rings (SSSR count). The van der Waals surface area contributed by atoms with Gasteiger partial charge in [0.1, 0.15) is 0 Å². The van der Waals surface area contributed by atoms with Gasteiger partial charge in [-0.05, 0) is 19.1 Å². The van der Waals surface area contributed by atoms with E-state index in [-0.39, 0.29) is 12.4 Å². The van der Waals surface area contributed by atoms with Crippen molar-refractivity contribution in [1.82, 2.24) is 9.88 Å². The van der Waals surface area contributed by atoms with E-state index >= 15 is 0 Å². The average Bonchev–Trinajstić information content (AvgIpc) is 2.82. The largest absolute Gasteiger partial charge is 0.354 e.